The number of amides is 1. The van der Waals surface area contributed by atoms with Crippen molar-refractivity contribution >= 4 is 34.6 Å². The summed E-state index contributed by atoms with van der Waals surface area (Å²) in [4.78, 5) is 12.1. The Balaban J connectivity index is 1.46. The van der Waals surface area contributed by atoms with Crippen LogP contribution in [0.5, 0.6) is 0 Å². The molecule has 30 heavy (non-hydrogen) atoms. The van der Waals surface area contributed by atoms with Crippen LogP contribution < -0.4 is 5.43 Å². The van der Waals surface area contributed by atoms with Crippen LogP contribution in [0.4, 0.5) is 0 Å². The van der Waals surface area contributed by atoms with Crippen LogP contribution in [0.1, 0.15) is 23.1 Å². The van der Waals surface area contributed by atoms with Crippen molar-refractivity contribution in [2.75, 3.05) is 0 Å². The fourth-order valence-electron chi connectivity index (χ4n) is 3.45. The van der Waals surface area contributed by atoms with Crippen molar-refractivity contribution in [3.8, 4) is 0 Å². The van der Waals surface area contributed by atoms with Gasteiger partial charge in [0.15, 0.2) is 0 Å². The lowest BCUT2D eigenvalue weighted by atomic mass is 10.1. The number of rotatable bonds is 7. The normalized spacial score (nSPS) is 11.2. The molecule has 0 atom stereocenters. The third-order valence-electron chi connectivity index (χ3n) is 4.99. The molecular weight excluding hydrogens is 394 g/mol. The van der Waals surface area contributed by atoms with E-state index in [-0.39, 0.29) is 5.91 Å². The average Bonchev–Trinajstić information content (AvgIpc) is 3.12. The lowest BCUT2D eigenvalue weighted by molar-refractivity contribution is -0.121. The minimum Gasteiger partial charge on any atom is -0.342 e. The van der Waals surface area contributed by atoms with Crippen molar-refractivity contribution in [1.29, 1.82) is 0 Å². The molecule has 0 spiro atoms. The summed E-state index contributed by atoms with van der Waals surface area (Å²) in [7, 11) is 0. The molecule has 0 radical (unpaired) electrons. The number of aryl methyl sites for hydroxylation is 1. The molecule has 0 saturated heterocycles. The van der Waals surface area contributed by atoms with Gasteiger partial charge in [-0.3, -0.25) is 4.79 Å². The highest BCUT2D eigenvalue weighted by Crippen LogP contribution is 2.23. The summed E-state index contributed by atoms with van der Waals surface area (Å²) in [5.74, 6) is -0.102. The average molecular weight is 416 g/mol. The van der Waals surface area contributed by atoms with E-state index >= 15 is 0 Å². The molecule has 1 N–H and O–H groups in total. The number of benzene rings is 3. The molecule has 3 aromatic carbocycles. The van der Waals surface area contributed by atoms with Gasteiger partial charge in [0, 0.05) is 40.7 Å². The molecule has 5 heteroatoms. The van der Waals surface area contributed by atoms with Crippen LogP contribution in [-0.2, 0) is 17.8 Å². The van der Waals surface area contributed by atoms with Crippen LogP contribution >= 0.6 is 11.6 Å². The first-order valence-corrected chi connectivity index (χ1v) is 10.3. The third-order valence-corrected chi connectivity index (χ3v) is 5.36. The second-order valence-corrected chi connectivity index (χ2v) is 7.51. The van der Waals surface area contributed by atoms with E-state index in [2.05, 4.69) is 27.2 Å². The van der Waals surface area contributed by atoms with Crippen molar-refractivity contribution in [2.24, 2.45) is 5.10 Å². The van der Waals surface area contributed by atoms with Gasteiger partial charge in [0.2, 0.25) is 5.91 Å². The van der Waals surface area contributed by atoms with Crippen LogP contribution in [-0.4, -0.2) is 16.7 Å². The van der Waals surface area contributed by atoms with Crippen LogP contribution in [0, 0.1) is 0 Å². The number of carbonyl (C=O) groups excluding carboxylic acids is 1. The number of nitrogens with one attached hydrogen (secondary N) is 1. The van der Waals surface area contributed by atoms with Gasteiger partial charge in [0.25, 0.3) is 0 Å². The molecule has 1 aromatic heterocycles. The lowest BCUT2D eigenvalue weighted by Gasteiger charge is -2.07. The number of hydrogen-bond acceptors (Lipinski definition) is 2. The zero-order chi connectivity index (χ0) is 20.8. The molecule has 0 fully saturated rings. The topological polar surface area (TPSA) is 46.4 Å². The fraction of sp³-hybridized carbons (Fsp3) is 0.120. The summed E-state index contributed by atoms with van der Waals surface area (Å²) in [6.07, 6.45) is 4.83. The molecule has 1 amide bonds. The third kappa shape index (κ3) is 4.78. The molecule has 4 nitrogen and oxygen atoms in total. The molecule has 4 rings (SSSR count). The Kier molecular flexibility index (Phi) is 6.26. The molecular formula is C25H22ClN3O. The second kappa shape index (κ2) is 9.42. The van der Waals surface area contributed by atoms with E-state index in [1.807, 2.05) is 72.9 Å². The van der Waals surface area contributed by atoms with E-state index in [0.717, 1.165) is 32.6 Å². The van der Waals surface area contributed by atoms with Crippen molar-refractivity contribution in [3.63, 3.8) is 0 Å². The number of nitrogens with zero attached hydrogens (tertiary/aromatic N) is 2. The van der Waals surface area contributed by atoms with E-state index in [4.69, 9.17) is 11.6 Å². The van der Waals surface area contributed by atoms with Crippen molar-refractivity contribution in [1.82, 2.24) is 9.99 Å². The predicted octanol–water partition coefficient (Wildman–Crippen LogP) is 5.43. The molecule has 150 valence electrons. The van der Waals surface area contributed by atoms with Crippen molar-refractivity contribution in [3.05, 3.63) is 107 Å². The first-order valence-electron chi connectivity index (χ1n) is 9.88. The highest BCUT2D eigenvalue weighted by Gasteiger charge is 2.09. The summed E-state index contributed by atoms with van der Waals surface area (Å²) < 4.78 is 2.15. The number of hydrazone groups is 1. The number of para-hydroxylation sites is 1. The van der Waals surface area contributed by atoms with Crippen LogP contribution in [0.15, 0.2) is 90.2 Å². The van der Waals surface area contributed by atoms with Gasteiger partial charge in [0.05, 0.1) is 6.21 Å². The molecule has 0 bridgehead atoms. The Labute approximate surface area is 180 Å². The molecule has 0 aliphatic rings. The van der Waals surface area contributed by atoms with Crippen LogP contribution in [0.3, 0.4) is 0 Å². The van der Waals surface area contributed by atoms with Crippen LogP contribution in [0.2, 0.25) is 5.02 Å². The van der Waals surface area contributed by atoms with Gasteiger partial charge in [-0.05, 0) is 29.7 Å². The predicted molar refractivity (Wildman–Crippen MR) is 123 cm³/mol. The Morgan fingerprint density at radius 1 is 0.967 bits per heavy atom. The summed E-state index contributed by atoms with van der Waals surface area (Å²) in [6.45, 7) is 0.664. The number of aromatic nitrogens is 1. The largest absolute Gasteiger partial charge is 0.342 e. The SMILES string of the molecule is O=C(CCc1ccccc1)N/N=C\c1cn(Cc2ccccc2Cl)c2ccccc12. The highest BCUT2D eigenvalue weighted by molar-refractivity contribution is 6.31. The maximum absolute atomic E-state index is 12.1. The Bertz CT molecular complexity index is 1180. The fourth-order valence-corrected chi connectivity index (χ4v) is 3.65. The van der Waals surface area contributed by atoms with E-state index in [0.29, 0.717) is 19.4 Å². The first-order chi connectivity index (χ1) is 14.7. The Hall–Kier alpha value is -3.37. The highest BCUT2D eigenvalue weighted by atomic mass is 35.5. The summed E-state index contributed by atoms with van der Waals surface area (Å²) in [6, 6.07) is 25.9. The quantitative estimate of drug-likeness (QED) is 0.317. The number of halogens is 1. The molecule has 0 saturated carbocycles. The zero-order valence-electron chi connectivity index (χ0n) is 16.5. The van der Waals surface area contributed by atoms with Gasteiger partial charge in [-0.2, -0.15) is 5.10 Å². The second-order valence-electron chi connectivity index (χ2n) is 7.10. The molecule has 1 heterocycles. The van der Waals surface area contributed by atoms with Gasteiger partial charge in [0.1, 0.15) is 0 Å². The van der Waals surface area contributed by atoms with E-state index in [9.17, 15) is 4.79 Å². The van der Waals surface area contributed by atoms with Gasteiger partial charge in [-0.15, -0.1) is 0 Å². The standard InChI is InChI=1S/C25H22ClN3O/c26-23-12-6-4-10-20(23)17-29-18-21(22-11-5-7-13-24(22)29)16-27-28-25(30)15-14-19-8-2-1-3-9-19/h1-13,16,18H,14-15,17H2,(H,28,30)/b27-16-. The lowest BCUT2D eigenvalue weighted by Crippen LogP contribution is -2.17. The van der Waals surface area contributed by atoms with Gasteiger partial charge >= 0.3 is 0 Å². The number of carbonyl (C=O) groups is 1. The zero-order valence-corrected chi connectivity index (χ0v) is 17.2. The van der Waals surface area contributed by atoms with Crippen LogP contribution in [0.25, 0.3) is 10.9 Å². The van der Waals surface area contributed by atoms with E-state index in [1.165, 1.54) is 0 Å². The summed E-state index contributed by atoms with van der Waals surface area (Å²) >= 11 is 6.34. The smallest absolute Gasteiger partial charge is 0.240 e. The molecule has 0 aliphatic carbocycles. The van der Waals surface area contributed by atoms with Crippen molar-refractivity contribution in [2.45, 2.75) is 19.4 Å². The van der Waals surface area contributed by atoms with Gasteiger partial charge < -0.3 is 4.57 Å². The van der Waals surface area contributed by atoms with Gasteiger partial charge in [-0.1, -0.05) is 78.3 Å². The van der Waals surface area contributed by atoms with E-state index in [1.54, 1.807) is 6.21 Å². The monoisotopic (exact) mass is 415 g/mol. The molecule has 0 aliphatic heterocycles. The summed E-state index contributed by atoms with van der Waals surface area (Å²) in [5.41, 5.74) is 6.86. The number of fused-ring (bicyclic) bond motifs is 1. The molecule has 0 unspecified atom stereocenters. The Morgan fingerprint density at radius 2 is 1.70 bits per heavy atom. The van der Waals surface area contributed by atoms with Gasteiger partial charge in [-0.25, -0.2) is 5.43 Å². The maximum atomic E-state index is 12.1. The first kappa shape index (κ1) is 19.9. The molecule has 4 aromatic rings. The number of hydrogen-bond donors (Lipinski definition) is 1. The minimum absolute atomic E-state index is 0.102. The van der Waals surface area contributed by atoms with Crippen molar-refractivity contribution < 1.29 is 4.79 Å². The van der Waals surface area contributed by atoms with E-state index < -0.39 is 0 Å². The Morgan fingerprint density at radius 3 is 2.53 bits per heavy atom. The maximum Gasteiger partial charge on any atom is 0.240 e. The minimum atomic E-state index is -0.102. The summed E-state index contributed by atoms with van der Waals surface area (Å²) in [5, 5.41) is 6.00.